The predicted octanol–water partition coefficient (Wildman–Crippen LogP) is 1.80. The molecule has 1 heterocycles. The Morgan fingerprint density at radius 1 is 1.53 bits per heavy atom. The minimum atomic E-state index is -0.483. The number of rotatable bonds is 3. The van der Waals surface area contributed by atoms with Crippen LogP contribution in [0.25, 0.3) is 0 Å². The van der Waals surface area contributed by atoms with Gasteiger partial charge in [0.2, 0.25) is 0 Å². The number of benzene rings is 1. The fraction of sp³-hybridized carbons (Fsp3) is 0.462. The van der Waals surface area contributed by atoms with Crippen LogP contribution in [0.4, 0.5) is 11.4 Å². The Morgan fingerprint density at radius 2 is 2.26 bits per heavy atom. The summed E-state index contributed by atoms with van der Waals surface area (Å²) in [5, 5.41) is 13.3. The highest BCUT2D eigenvalue weighted by atomic mass is 16.6. The van der Waals surface area contributed by atoms with Crippen molar-refractivity contribution >= 4 is 17.3 Å². The van der Waals surface area contributed by atoms with E-state index in [1.54, 1.807) is 6.07 Å². The predicted molar refractivity (Wildman–Crippen MR) is 72.5 cm³/mol. The van der Waals surface area contributed by atoms with Crippen molar-refractivity contribution in [3.8, 4) is 0 Å². The first-order chi connectivity index (χ1) is 9.02. The summed E-state index contributed by atoms with van der Waals surface area (Å²) in [5.74, 6) is 0.283. The molecule has 1 amide bonds. The zero-order valence-corrected chi connectivity index (χ0v) is 11.0. The molecule has 102 valence electrons. The Labute approximate surface area is 111 Å². The quantitative estimate of drug-likeness (QED) is 0.666. The van der Waals surface area contributed by atoms with Crippen LogP contribution in [0.1, 0.15) is 23.7 Å². The minimum absolute atomic E-state index is 0.0606. The molecule has 1 N–H and O–H groups in total. The Morgan fingerprint density at radius 3 is 2.79 bits per heavy atom. The zero-order valence-electron chi connectivity index (χ0n) is 11.0. The van der Waals surface area contributed by atoms with Crippen LogP contribution in [0.5, 0.6) is 0 Å². The van der Waals surface area contributed by atoms with Crippen molar-refractivity contribution in [1.82, 2.24) is 5.32 Å². The highest BCUT2D eigenvalue weighted by Gasteiger charge is 2.24. The van der Waals surface area contributed by atoms with Crippen molar-refractivity contribution in [3.63, 3.8) is 0 Å². The Hall–Kier alpha value is -2.11. The molecule has 0 saturated carbocycles. The van der Waals surface area contributed by atoms with Crippen LogP contribution in [0.2, 0.25) is 0 Å². The van der Waals surface area contributed by atoms with Gasteiger partial charge in [0.1, 0.15) is 0 Å². The summed E-state index contributed by atoms with van der Waals surface area (Å²) in [7, 11) is 1.53. The molecular weight excluding hydrogens is 246 g/mol. The number of carbonyl (C=O) groups excluding carboxylic acids is 1. The minimum Gasteiger partial charge on any atom is -0.371 e. The SMILES string of the molecule is CNC(=O)c1cc([N+](=O)[O-])ccc1N1CCC(C)C1. The maximum Gasteiger partial charge on any atom is 0.270 e. The highest BCUT2D eigenvalue weighted by molar-refractivity contribution is 6.00. The van der Waals surface area contributed by atoms with Crippen LogP contribution in [0.15, 0.2) is 18.2 Å². The molecule has 2 rings (SSSR count). The molecule has 1 aliphatic heterocycles. The molecular formula is C13H17N3O3. The number of non-ortho nitro benzene ring substituents is 1. The molecule has 19 heavy (non-hydrogen) atoms. The maximum absolute atomic E-state index is 11.9. The van der Waals surface area contributed by atoms with E-state index in [4.69, 9.17) is 0 Å². The van der Waals surface area contributed by atoms with Crippen molar-refractivity contribution in [2.24, 2.45) is 5.92 Å². The second-order valence-electron chi connectivity index (χ2n) is 4.88. The molecule has 1 aromatic carbocycles. The monoisotopic (exact) mass is 263 g/mol. The largest absolute Gasteiger partial charge is 0.371 e. The van der Waals surface area contributed by atoms with E-state index in [1.165, 1.54) is 19.2 Å². The number of nitrogens with one attached hydrogen (secondary N) is 1. The van der Waals surface area contributed by atoms with E-state index in [9.17, 15) is 14.9 Å². The lowest BCUT2D eigenvalue weighted by molar-refractivity contribution is -0.384. The van der Waals surface area contributed by atoms with Crippen molar-refractivity contribution in [2.45, 2.75) is 13.3 Å². The molecule has 1 atom stereocenters. The van der Waals surface area contributed by atoms with Crippen LogP contribution in [-0.4, -0.2) is 31.0 Å². The van der Waals surface area contributed by atoms with Crippen molar-refractivity contribution in [3.05, 3.63) is 33.9 Å². The molecule has 0 aromatic heterocycles. The maximum atomic E-state index is 11.9. The van der Waals surface area contributed by atoms with Crippen molar-refractivity contribution in [2.75, 3.05) is 25.0 Å². The topological polar surface area (TPSA) is 75.5 Å². The van der Waals surface area contributed by atoms with E-state index in [-0.39, 0.29) is 11.6 Å². The second kappa shape index (κ2) is 5.26. The third-order valence-corrected chi connectivity index (χ3v) is 3.43. The van der Waals surface area contributed by atoms with Gasteiger partial charge >= 0.3 is 0 Å². The van der Waals surface area contributed by atoms with Gasteiger partial charge in [-0.25, -0.2) is 0 Å². The second-order valence-corrected chi connectivity index (χ2v) is 4.88. The van der Waals surface area contributed by atoms with Crippen LogP contribution in [0, 0.1) is 16.0 Å². The van der Waals surface area contributed by atoms with E-state index >= 15 is 0 Å². The van der Waals surface area contributed by atoms with Crippen molar-refractivity contribution in [1.29, 1.82) is 0 Å². The van der Waals surface area contributed by atoms with Gasteiger partial charge in [0.05, 0.1) is 16.2 Å². The highest BCUT2D eigenvalue weighted by Crippen LogP contribution is 2.29. The lowest BCUT2D eigenvalue weighted by Crippen LogP contribution is -2.25. The van der Waals surface area contributed by atoms with E-state index in [0.717, 1.165) is 25.2 Å². The lowest BCUT2D eigenvalue weighted by atomic mass is 10.1. The summed E-state index contributed by atoms with van der Waals surface area (Å²) in [6, 6.07) is 4.46. The van der Waals surface area contributed by atoms with Crippen molar-refractivity contribution < 1.29 is 9.72 Å². The molecule has 0 bridgehead atoms. The normalized spacial score (nSPS) is 18.4. The molecule has 1 aliphatic rings. The molecule has 1 aromatic rings. The van der Waals surface area contributed by atoms with Crippen LogP contribution >= 0.6 is 0 Å². The number of anilines is 1. The summed E-state index contributed by atoms with van der Waals surface area (Å²) in [6.45, 7) is 3.91. The summed E-state index contributed by atoms with van der Waals surface area (Å²) in [4.78, 5) is 24.3. The first kappa shape index (κ1) is 13.3. The summed E-state index contributed by atoms with van der Waals surface area (Å²) >= 11 is 0. The number of nitrogens with zero attached hydrogens (tertiary/aromatic N) is 2. The first-order valence-electron chi connectivity index (χ1n) is 6.28. The molecule has 1 fully saturated rings. The molecule has 6 nitrogen and oxygen atoms in total. The Bertz CT molecular complexity index is 516. The molecule has 6 heteroatoms. The smallest absolute Gasteiger partial charge is 0.270 e. The van der Waals surface area contributed by atoms with Gasteiger partial charge in [-0.15, -0.1) is 0 Å². The standard InChI is InChI=1S/C13H17N3O3/c1-9-5-6-15(8-9)12-4-3-10(16(18)19)7-11(12)13(17)14-2/h3-4,7,9H,5-6,8H2,1-2H3,(H,14,17). The van der Waals surface area contributed by atoms with Gasteiger partial charge in [0, 0.05) is 32.3 Å². The Balaban J connectivity index is 2.42. The molecule has 1 unspecified atom stereocenters. The fourth-order valence-electron chi connectivity index (χ4n) is 2.38. The van der Waals surface area contributed by atoms with Gasteiger partial charge in [-0.1, -0.05) is 6.92 Å². The van der Waals surface area contributed by atoms with Gasteiger partial charge in [-0.3, -0.25) is 14.9 Å². The first-order valence-corrected chi connectivity index (χ1v) is 6.28. The average Bonchev–Trinajstić information content (AvgIpc) is 2.83. The van der Waals surface area contributed by atoms with E-state index in [0.29, 0.717) is 11.5 Å². The van der Waals surface area contributed by atoms with Gasteiger partial charge < -0.3 is 10.2 Å². The molecule has 0 aliphatic carbocycles. The molecule has 1 saturated heterocycles. The van der Waals surface area contributed by atoms with Gasteiger partial charge in [-0.2, -0.15) is 0 Å². The number of amides is 1. The zero-order chi connectivity index (χ0) is 14.0. The average molecular weight is 263 g/mol. The summed E-state index contributed by atoms with van der Waals surface area (Å²) < 4.78 is 0. The van der Waals surface area contributed by atoms with Gasteiger partial charge in [0.25, 0.3) is 11.6 Å². The number of nitro benzene ring substituents is 1. The van der Waals surface area contributed by atoms with E-state index < -0.39 is 4.92 Å². The van der Waals surface area contributed by atoms with E-state index in [1.807, 2.05) is 0 Å². The van der Waals surface area contributed by atoms with Crippen LogP contribution in [0.3, 0.4) is 0 Å². The molecule has 0 radical (unpaired) electrons. The lowest BCUT2D eigenvalue weighted by Gasteiger charge is -2.21. The summed E-state index contributed by atoms with van der Waals surface area (Å²) in [6.07, 6.45) is 1.07. The number of carbonyl (C=O) groups is 1. The molecule has 0 spiro atoms. The number of nitro groups is 1. The number of hydrogen-bond acceptors (Lipinski definition) is 4. The van der Waals surface area contributed by atoms with Crippen LogP contribution < -0.4 is 10.2 Å². The van der Waals surface area contributed by atoms with Gasteiger partial charge in [0.15, 0.2) is 0 Å². The number of hydrogen-bond donors (Lipinski definition) is 1. The van der Waals surface area contributed by atoms with E-state index in [2.05, 4.69) is 17.1 Å². The van der Waals surface area contributed by atoms with Crippen LogP contribution in [-0.2, 0) is 0 Å². The third kappa shape index (κ3) is 2.67. The van der Waals surface area contributed by atoms with Gasteiger partial charge in [-0.05, 0) is 18.4 Å². The third-order valence-electron chi connectivity index (χ3n) is 3.43. The summed E-state index contributed by atoms with van der Waals surface area (Å²) in [5.41, 5.74) is 1.08. The fourth-order valence-corrected chi connectivity index (χ4v) is 2.38. The Kier molecular flexibility index (Phi) is 3.69.